The summed E-state index contributed by atoms with van der Waals surface area (Å²) in [4.78, 5) is 16.8. The van der Waals surface area contributed by atoms with E-state index in [0.29, 0.717) is 31.0 Å². The number of aromatic nitrogens is 2. The summed E-state index contributed by atoms with van der Waals surface area (Å²) in [6, 6.07) is 9.73. The molecule has 3 heterocycles. The summed E-state index contributed by atoms with van der Waals surface area (Å²) in [5, 5.41) is 6.64. The van der Waals surface area contributed by atoms with Crippen LogP contribution in [0.3, 0.4) is 0 Å². The van der Waals surface area contributed by atoms with Crippen LogP contribution >= 0.6 is 0 Å². The van der Waals surface area contributed by atoms with Gasteiger partial charge in [-0.05, 0) is 62.1 Å². The summed E-state index contributed by atoms with van der Waals surface area (Å²) < 4.78 is 37.6. The van der Waals surface area contributed by atoms with Crippen LogP contribution in [0, 0.1) is 5.92 Å². The first kappa shape index (κ1) is 22.2. The van der Waals surface area contributed by atoms with E-state index in [0.717, 1.165) is 18.6 Å². The molecule has 2 aromatic heterocycles. The smallest absolute Gasteiger partial charge is 0.316 e. The third-order valence-electron chi connectivity index (χ3n) is 5.58. The summed E-state index contributed by atoms with van der Waals surface area (Å²) in [6.07, 6.45) is 3.85. The average Bonchev–Trinajstić information content (AvgIpc) is 3.46. The first-order valence-electron chi connectivity index (χ1n) is 10.6. The Hall–Kier alpha value is -2.98. The lowest BCUT2D eigenvalue weighted by Crippen LogP contribution is -2.37. The van der Waals surface area contributed by atoms with Gasteiger partial charge in [0.2, 0.25) is 15.8 Å². The van der Waals surface area contributed by atoms with Gasteiger partial charge < -0.3 is 14.3 Å². The molecule has 10 heteroatoms. The number of nitrogens with one attached hydrogen (secondary N) is 1. The lowest BCUT2D eigenvalue weighted by atomic mass is 10.0. The maximum absolute atomic E-state index is 12.9. The van der Waals surface area contributed by atoms with Gasteiger partial charge in [-0.15, -0.1) is 0 Å². The molecule has 3 aromatic rings. The number of hydrogen-bond acceptors (Lipinski definition) is 7. The molecule has 0 aliphatic carbocycles. The van der Waals surface area contributed by atoms with Crippen LogP contribution < -0.4 is 5.32 Å². The minimum absolute atomic E-state index is 0.162. The van der Waals surface area contributed by atoms with Crippen LogP contribution in [0.4, 0.5) is 0 Å². The van der Waals surface area contributed by atoms with Crippen molar-refractivity contribution in [1.82, 2.24) is 19.8 Å². The van der Waals surface area contributed by atoms with Crippen LogP contribution in [-0.4, -0.2) is 47.9 Å². The van der Waals surface area contributed by atoms with E-state index in [-0.39, 0.29) is 22.7 Å². The summed E-state index contributed by atoms with van der Waals surface area (Å²) >= 11 is 0. The Labute approximate surface area is 186 Å². The lowest BCUT2D eigenvalue weighted by Gasteiger charge is -2.29. The van der Waals surface area contributed by atoms with Crippen molar-refractivity contribution in [1.29, 1.82) is 0 Å². The summed E-state index contributed by atoms with van der Waals surface area (Å²) in [5.41, 5.74) is 0.558. The standard InChI is InChI=1S/C22H26N4O5S/c1-15-9-11-26(12-10-15)32(28,29)19-7-5-17(6-8-19)20-24-22(31-25-20)21(27)23-16(2)14-18-4-3-13-30-18/h3-8,13,15-16H,9-12,14H2,1-2H3,(H,23,27). The van der Waals surface area contributed by atoms with Crippen LogP contribution in [0.2, 0.25) is 0 Å². The van der Waals surface area contributed by atoms with Gasteiger partial charge in [0.25, 0.3) is 0 Å². The zero-order valence-corrected chi connectivity index (χ0v) is 18.8. The molecule has 9 nitrogen and oxygen atoms in total. The van der Waals surface area contributed by atoms with Gasteiger partial charge in [-0.25, -0.2) is 8.42 Å². The van der Waals surface area contributed by atoms with E-state index in [1.165, 1.54) is 16.4 Å². The van der Waals surface area contributed by atoms with Crippen molar-refractivity contribution in [3.05, 3.63) is 54.3 Å². The molecule has 32 heavy (non-hydrogen) atoms. The second-order valence-electron chi connectivity index (χ2n) is 8.19. The molecule has 1 amide bonds. The Morgan fingerprint density at radius 3 is 2.59 bits per heavy atom. The molecule has 0 saturated carbocycles. The number of carbonyl (C=O) groups excluding carboxylic acids is 1. The highest BCUT2D eigenvalue weighted by molar-refractivity contribution is 7.89. The zero-order valence-electron chi connectivity index (χ0n) is 18.0. The number of nitrogens with zero attached hydrogens (tertiary/aromatic N) is 3. The number of rotatable bonds is 7. The third kappa shape index (κ3) is 4.91. The van der Waals surface area contributed by atoms with Gasteiger partial charge in [-0.2, -0.15) is 9.29 Å². The third-order valence-corrected chi connectivity index (χ3v) is 7.49. The van der Waals surface area contributed by atoms with E-state index in [1.54, 1.807) is 24.5 Å². The average molecular weight is 459 g/mol. The fraction of sp³-hybridized carbons (Fsp3) is 0.409. The number of carbonyl (C=O) groups is 1. The molecule has 1 fully saturated rings. The number of furan rings is 1. The van der Waals surface area contributed by atoms with Crippen molar-refractivity contribution in [3.63, 3.8) is 0 Å². The molecule has 170 valence electrons. The zero-order chi connectivity index (χ0) is 22.7. The Kier molecular flexibility index (Phi) is 6.43. The van der Waals surface area contributed by atoms with Crippen LogP contribution in [-0.2, 0) is 16.4 Å². The Morgan fingerprint density at radius 1 is 1.22 bits per heavy atom. The first-order valence-corrected chi connectivity index (χ1v) is 12.0. The van der Waals surface area contributed by atoms with Gasteiger partial charge in [0, 0.05) is 31.1 Å². The maximum atomic E-state index is 12.9. The molecular formula is C22H26N4O5S. The molecule has 0 radical (unpaired) electrons. The van der Waals surface area contributed by atoms with Gasteiger partial charge in [0.15, 0.2) is 0 Å². The summed E-state index contributed by atoms with van der Waals surface area (Å²) in [5.74, 6) is 0.871. The van der Waals surface area contributed by atoms with Crippen molar-refractivity contribution in [3.8, 4) is 11.4 Å². The van der Waals surface area contributed by atoms with Crippen molar-refractivity contribution < 1.29 is 22.2 Å². The second kappa shape index (κ2) is 9.25. The number of benzene rings is 1. The number of amides is 1. The van der Waals surface area contributed by atoms with Crippen molar-refractivity contribution >= 4 is 15.9 Å². The molecule has 1 N–H and O–H groups in total. The topological polar surface area (TPSA) is 119 Å². The largest absolute Gasteiger partial charge is 0.469 e. The molecule has 0 bridgehead atoms. The fourth-order valence-corrected chi connectivity index (χ4v) is 5.12. The molecule has 1 aliphatic rings. The highest BCUT2D eigenvalue weighted by Crippen LogP contribution is 2.25. The SMILES string of the molecule is CC1CCN(S(=O)(=O)c2ccc(-c3noc(C(=O)NC(C)Cc4ccco4)n3)cc2)CC1. The molecule has 1 aromatic carbocycles. The van der Waals surface area contributed by atoms with E-state index in [1.807, 2.05) is 13.0 Å². The molecule has 1 unspecified atom stereocenters. The second-order valence-corrected chi connectivity index (χ2v) is 10.1. The number of sulfonamides is 1. The van der Waals surface area contributed by atoms with E-state index >= 15 is 0 Å². The Morgan fingerprint density at radius 2 is 1.94 bits per heavy atom. The van der Waals surface area contributed by atoms with Crippen molar-refractivity contribution in [2.75, 3.05) is 13.1 Å². The van der Waals surface area contributed by atoms with Gasteiger partial charge in [0.1, 0.15) is 5.76 Å². The van der Waals surface area contributed by atoms with Gasteiger partial charge >= 0.3 is 11.8 Å². The normalized spacial score (nSPS) is 16.7. The van der Waals surface area contributed by atoms with Gasteiger partial charge in [-0.3, -0.25) is 4.79 Å². The molecule has 4 rings (SSSR count). The van der Waals surface area contributed by atoms with Crippen LogP contribution in [0.5, 0.6) is 0 Å². The fourth-order valence-electron chi connectivity index (χ4n) is 3.65. The van der Waals surface area contributed by atoms with Crippen LogP contribution in [0.15, 0.2) is 56.5 Å². The van der Waals surface area contributed by atoms with Crippen LogP contribution in [0.1, 0.15) is 43.1 Å². The highest BCUT2D eigenvalue weighted by atomic mass is 32.2. The van der Waals surface area contributed by atoms with Crippen LogP contribution in [0.25, 0.3) is 11.4 Å². The minimum Gasteiger partial charge on any atom is -0.469 e. The molecular weight excluding hydrogens is 432 g/mol. The first-order chi connectivity index (χ1) is 15.3. The quantitative estimate of drug-likeness (QED) is 0.578. The molecule has 0 spiro atoms. The lowest BCUT2D eigenvalue weighted by molar-refractivity contribution is 0.0895. The van der Waals surface area contributed by atoms with Crippen molar-refractivity contribution in [2.24, 2.45) is 5.92 Å². The molecule has 1 saturated heterocycles. The number of hydrogen-bond donors (Lipinski definition) is 1. The monoisotopic (exact) mass is 458 g/mol. The van der Waals surface area contributed by atoms with Gasteiger partial charge in [-0.1, -0.05) is 12.1 Å². The maximum Gasteiger partial charge on any atom is 0.316 e. The van der Waals surface area contributed by atoms with E-state index in [2.05, 4.69) is 22.4 Å². The summed E-state index contributed by atoms with van der Waals surface area (Å²) in [6.45, 7) is 5.05. The Balaban J connectivity index is 1.41. The molecule has 1 atom stereocenters. The van der Waals surface area contributed by atoms with E-state index < -0.39 is 15.9 Å². The predicted octanol–water partition coefficient (Wildman–Crippen LogP) is 3.11. The van der Waals surface area contributed by atoms with E-state index in [4.69, 9.17) is 8.94 Å². The minimum atomic E-state index is -3.53. The van der Waals surface area contributed by atoms with Gasteiger partial charge in [0.05, 0.1) is 11.2 Å². The predicted molar refractivity (Wildman–Crippen MR) is 116 cm³/mol. The van der Waals surface area contributed by atoms with E-state index in [9.17, 15) is 13.2 Å². The molecule has 1 aliphatic heterocycles. The summed E-state index contributed by atoms with van der Waals surface area (Å²) in [7, 11) is -3.53. The Bertz CT molecular complexity index is 1150. The highest BCUT2D eigenvalue weighted by Gasteiger charge is 2.28. The number of piperidine rings is 1. The van der Waals surface area contributed by atoms with Crippen molar-refractivity contribution in [2.45, 2.75) is 44.0 Å².